The third-order valence-corrected chi connectivity index (χ3v) is 10.2. The molecule has 1 aromatic carbocycles. The number of quaternary nitrogens is 1. The molecule has 1 aliphatic carbocycles. The molecule has 0 bridgehead atoms. The van der Waals surface area contributed by atoms with Gasteiger partial charge in [-0.3, -0.25) is 9.48 Å². The number of nitrogens with zero attached hydrogens (tertiary/aromatic N) is 4. The van der Waals surface area contributed by atoms with Gasteiger partial charge in [-0.2, -0.15) is 0 Å². The van der Waals surface area contributed by atoms with E-state index in [1.165, 1.54) is 5.57 Å². The maximum absolute atomic E-state index is 5.65. The molecule has 2 unspecified atom stereocenters. The van der Waals surface area contributed by atoms with Gasteiger partial charge in [0.1, 0.15) is 18.1 Å². The van der Waals surface area contributed by atoms with Crippen LogP contribution in [0.2, 0.25) is 0 Å². The van der Waals surface area contributed by atoms with Gasteiger partial charge in [-0.1, -0.05) is 64.6 Å². The summed E-state index contributed by atoms with van der Waals surface area (Å²) in [5.74, 6) is 3.88. The minimum atomic E-state index is 0.386. The van der Waals surface area contributed by atoms with Crippen molar-refractivity contribution in [2.24, 2.45) is 4.99 Å². The molecule has 0 N–H and O–H groups in total. The summed E-state index contributed by atoms with van der Waals surface area (Å²) in [4.78, 5) is 8.84. The van der Waals surface area contributed by atoms with Crippen molar-refractivity contribution in [2.75, 3.05) is 85.5 Å². The van der Waals surface area contributed by atoms with Crippen molar-refractivity contribution in [2.45, 2.75) is 12.5 Å². The number of hydrogen-bond donors (Lipinski definition) is 0. The van der Waals surface area contributed by atoms with Crippen molar-refractivity contribution >= 4 is 39.6 Å². The topological polar surface area (TPSA) is 37.3 Å². The molecule has 6 nitrogen and oxygen atoms in total. The van der Waals surface area contributed by atoms with Gasteiger partial charge >= 0.3 is 0 Å². The largest absolute Gasteiger partial charge is 0.496 e. The van der Waals surface area contributed by atoms with Crippen LogP contribution in [-0.2, 0) is 4.74 Å². The number of ether oxygens (including phenoxy) is 2. The van der Waals surface area contributed by atoms with E-state index in [0.717, 1.165) is 75.9 Å². The van der Waals surface area contributed by atoms with Crippen LogP contribution in [0.25, 0.3) is 6.08 Å². The van der Waals surface area contributed by atoms with Crippen LogP contribution in [0, 0.1) is 0 Å². The summed E-state index contributed by atoms with van der Waals surface area (Å²) in [7, 11) is 17.8. The molecule has 0 spiro atoms. The molecule has 2 atom stereocenters. The molecule has 0 radical (unpaired) electrons. The molecule has 242 valence electrons. The average molecular weight is 648 g/mol. The third kappa shape index (κ3) is 11.9. The van der Waals surface area contributed by atoms with Crippen molar-refractivity contribution in [1.82, 2.24) is 4.90 Å². The van der Waals surface area contributed by atoms with E-state index in [1.807, 2.05) is 72.3 Å². The van der Waals surface area contributed by atoms with Gasteiger partial charge in [0.05, 0.1) is 39.8 Å². The fourth-order valence-corrected chi connectivity index (χ4v) is 6.79. The number of methoxy groups -OCH3 is 2. The van der Waals surface area contributed by atoms with E-state index in [-0.39, 0.29) is 0 Å². The first-order valence-electron chi connectivity index (χ1n) is 15.3. The highest BCUT2D eigenvalue weighted by Gasteiger charge is 2.20. The molecule has 0 amide bonds. The lowest BCUT2D eigenvalue weighted by molar-refractivity contribution is -0.851. The zero-order valence-corrected chi connectivity index (χ0v) is 29.7. The minimum Gasteiger partial charge on any atom is -0.496 e. The monoisotopic (exact) mass is 647 g/mol. The molecule has 2 aliphatic rings. The molecule has 0 saturated heterocycles. The number of rotatable bonds is 17. The summed E-state index contributed by atoms with van der Waals surface area (Å²) < 4.78 is 12.1. The SMILES string of the molecule is C=CC(/C=C/c1ccc(N(C)C)cc1OC)=C\C=N\CCSSCC[N+]1(C)C=CC(/C=C/C2=CCC(N(C)C)C=C2OC)=CC1. The van der Waals surface area contributed by atoms with E-state index in [9.17, 15) is 0 Å². The Labute approximate surface area is 279 Å². The van der Waals surface area contributed by atoms with Crippen LogP contribution in [0.1, 0.15) is 12.0 Å². The normalized spacial score (nSPS) is 20.6. The summed E-state index contributed by atoms with van der Waals surface area (Å²) in [5, 5.41) is 0. The van der Waals surface area contributed by atoms with Gasteiger partial charge in [0.15, 0.2) is 0 Å². The molecule has 3 rings (SSSR count). The van der Waals surface area contributed by atoms with E-state index in [4.69, 9.17) is 9.47 Å². The first-order valence-corrected chi connectivity index (χ1v) is 17.8. The van der Waals surface area contributed by atoms with Crippen molar-refractivity contribution in [3.63, 3.8) is 0 Å². The summed E-state index contributed by atoms with van der Waals surface area (Å²) in [6.07, 6.45) is 26.5. The van der Waals surface area contributed by atoms with Crippen LogP contribution < -0.4 is 9.64 Å². The Morgan fingerprint density at radius 3 is 2.53 bits per heavy atom. The maximum atomic E-state index is 5.65. The van der Waals surface area contributed by atoms with E-state index in [2.05, 4.69) is 97.3 Å². The fraction of sp³-hybridized carbons (Fsp3) is 0.378. The zero-order chi connectivity index (χ0) is 32.7. The van der Waals surface area contributed by atoms with Gasteiger partial charge < -0.3 is 19.3 Å². The molecule has 1 aliphatic heterocycles. The molecule has 0 saturated carbocycles. The number of benzene rings is 1. The van der Waals surface area contributed by atoms with Crippen LogP contribution in [0.15, 0.2) is 113 Å². The Morgan fingerprint density at radius 1 is 1.07 bits per heavy atom. The second-order valence-corrected chi connectivity index (χ2v) is 14.3. The first kappa shape index (κ1) is 36.3. The van der Waals surface area contributed by atoms with Gasteiger partial charge in [0, 0.05) is 61.5 Å². The lowest BCUT2D eigenvalue weighted by Gasteiger charge is -2.31. The Balaban J connectivity index is 1.35. The highest BCUT2D eigenvalue weighted by Crippen LogP contribution is 2.27. The van der Waals surface area contributed by atoms with Crippen molar-refractivity contribution in [1.29, 1.82) is 0 Å². The molecule has 0 fully saturated rings. The highest BCUT2D eigenvalue weighted by atomic mass is 33.1. The Bertz CT molecular complexity index is 1380. The van der Waals surface area contributed by atoms with Crippen molar-refractivity contribution in [3.05, 3.63) is 114 Å². The van der Waals surface area contributed by atoms with E-state index in [1.54, 1.807) is 14.2 Å². The van der Waals surface area contributed by atoms with Crippen molar-refractivity contribution in [3.8, 4) is 5.75 Å². The van der Waals surface area contributed by atoms with Gasteiger partial charge in [0.2, 0.25) is 0 Å². The van der Waals surface area contributed by atoms with Crippen LogP contribution >= 0.6 is 21.6 Å². The summed E-state index contributed by atoms with van der Waals surface area (Å²) in [5.41, 5.74) is 5.53. The molecular weight excluding hydrogens is 597 g/mol. The third-order valence-electron chi connectivity index (χ3n) is 7.79. The quantitative estimate of drug-likeness (QED) is 0.0571. The minimum absolute atomic E-state index is 0.386. The molecule has 1 heterocycles. The van der Waals surface area contributed by atoms with Gasteiger partial charge in [-0.05, 0) is 68.1 Å². The van der Waals surface area contributed by atoms with Crippen LogP contribution in [0.4, 0.5) is 5.69 Å². The van der Waals surface area contributed by atoms with Crippen LogP contribution in [0.5, 0.6) is 5.75 Å². The van der Waals surface area contributed by atoms with E-state index >= 15 is 0 Å². The van der Waals surface area contributed by atoms with Gasteiger partial charge in [0.25, 0.3) is 0 Å². The van der Waals surface area contributed by atoms with Crippen LogP contribution in [0.3, 0.4) is 0 Å². The maximum Gasteiger partial charge on any atom is 0.128 e. The zero-order valence-electron chi connectivity index (χ0n) is 28.1. The summed E-state index contributed by atoms with van der Waals surface area (Å²) >= 11 is 0. The second kappa shape index (κ2) is 18.7. The van der Waals surface area contributed by atoms with E-state index < -0.39 is 0 Å². The number of likely N-dealkylation sites (N-methyl/N-ethyl adjacent to an activating group) is 2. The predicted octanol–water partition coefficient (Wildman–Crippen LogP) is 7.59. The number of anilines is 1. The van der Waals surface area contributed by atoms with Gasteiger partial charge in [-0.15, -0.1) is 0 Å². The fourth-order valence-electron chi connectivity index (χ4n) is 4.73. The lowest BCUT2D eigenvalue weighted by Crippen LogP contribution is -2.41. The number of allylic oxidation sites excluding steroid dienone is 8. The number of hydrogen-bond acceptors (Lipinski definition) is 7. The summed E-state index contributed by atoms with van der Waals surface area (Å²) in [6, 6.07) is 6.58. The van der Waals surface area contributed by atoms with E-state index in [0.29, 0.717) is 6.04 Å². The standard InChI is InChI=1S/C37H51N4O2S2/c1-9-30(10-12-32-14-16-34(39(2)3)28-36(32)42-7)18-21-38-22-26-44-45-27-25-41(6)23-19-31(20-24-41)11-13-33-15-17-35(40(4)5)29-37(33)43-8/h9-16,18-21,23,28-29,35H,1,17,22,24-27H2,2-8H3/q+1/b12-10+,13-11+,30-18+,38-21+. The second-order valence-electron chi connectivity index (χ2n) is 11.6. The Hall–Kier alpha value is -3.17. The Kier molecular flexibility index (Phi) is 15.1. The highest BCUT2D eigenvalue weighted by molar-refractivity contribution is 8.76. The predicted molar refractivity (Wildman–Crippen MR) is 200 cm³/mol. The molecule has 0 aromatic heterocycles. The lowest BCUT2D eigenvalue weighted by atomic mass is 9.99. The molecule has 1 aromatic rings. The average Bonchev–Trinajstić information content (AvgIpc) is 3.04. The van der Waals surface area contributed by atoms with Crippen LogP contribution in [-0.4, -0.2) is 102 Å². The smallest absolute Gasteiger partial charge is 0.128 e. The molecular formula is C37H51N4O2S2+. The first-order chi connectivity index (χ1) is 21.7. The molecule has 8 heteroatoms. The van der Waals surface area contributed by atoms with Crippen molar-refractivity contribution < 1.29 is 14.0 Å². The summed E-state index contributed by atoms with van der Waals surface area (Å²) in [6.45, 7) is 6.83. The number of aliphatic imine (C=N–C) groups is 1. The Morgan fingerprint density at radius 2 is 1.87 bits per heavy atom. The van der Waals surface area contributed by atoms with Gasteiger partial charge in [-0.25, -0.2) is 0 Å². The molecule has 45 heavy (non-hydrogen) atoms.